The van der Waals surface area contributed by atoms with E-state index in [9.17, 15) is 29.5 Å². The third-order valence-corrected chi connectivity index (χ3v) is 3.30. The van der Waals surface area contributed by atoms with Crippen LogP contribution in [0.5, 0.6) is 0 Å². The third-order valence-electron chi connectivity index (χ3n) is 3.30. The predicted octanol–water partition coefficient (Wildman–Crippen LogP) is -2.90. The number of aromatic nitrogens is 2. The van der Waals surface area contributed by atoms with Gasteiger partial charge in [0.05, 0.1) is 0 Å². The topological polar surface area (TPSA) is 149 Å². The standard InChI is InChI=1S/C12H10FN3O6/c1-2-6-3-16(10(21)15-9(6)20)12(4-14)8(19)7(18)11(13,5-17)22-12/h1,3,7-8,17-19H,5H2,(H,15,20,21)/t7-,8+,11+,12+/m0/s1. The zero-order chi connectivity index (χ0) is 16.7. The van der Waals surface area contributed by atoms with Crippen molar-refractivity contribution >= 4 is 0 Å². The molecule has 1 aromatic rings. The van der Waals surface area contributed by atoms with Gasteiger partial charge in [-0.3, -0.25) is 19.1 Å². The number of rotatable bonds is 2. The van der Waals surface area contributed by atoms with Crippen LogP contribution in [0.2, 0.25) is 0 Å². The van der Waals surface area contributed by atoms with E-state index in [4.69, 9.17) is 11.5 Å². The highest BCUT2D eigenvalue weighted by atomic mass is 19.2. The first-order chi connectivity index (χ1) is 10.3. The Morgan fingerprint density at radius 3 is 2.59 bits per heavy atom. The van der Waals surface area contributed by atoms with Crippen molar-refractivity contribution in [2.75, 3.05) is 6.61 Å². The number of nitrogens with zero attached hydrogens (tertiary/aromatic N) is 2. The van der Waals surface area contributed by atoms with Crippen LogP contribution in [-0.2, 0) is 10.5 Å². The van der Waals surface area contributed by atoms with E-state index in [-0.39, 0.29) is 5.56 Å². The molecule has 0 saturated carbocycles. The number of nitriles is 1. The van der Waals surface area contributed by atoms with E-state index in [1.165, 1.54) is 6.07 Å². The molecule has 0 amide bonds. The molecular weight excluding hydrogens is 301 g/mol. The van der Waals surface area contributed by atoms with E-state index in [2.05, 4.69) is 4.74 Å². The number of aliphatic hydroxyl groups excluding tert-OH is 3. The monoisotopic (exact) mass is 311 g/mol. The zero-order valence-corrected chi connectivity index (χ0v) is 10.9. The van der Waals surface area contributed by atoms with Crippen LogP contribution < -0.4 is 11.2 Å². The van der Waals surface area contributed by atoms with Crippen LogP contribution >= 0.6 is 0 Å². The second-order valence-electron chi connectivity index (χ2n) is 4.56. The minimum atomic E-state index is -3.18. The number of terminal acetylenes is 1. The Morgan fingerprint density at radius 2 is 2.14 bits per heavy atom. The van der Waals surface area contributed by atoms with E-state index in [0.717, 1.165) is 0 Å². The van der Waals surface area contributed by atoms with Gasteiger partial charge in [-0.15, -0.1) is 6.42 Å². The smallest absolute Gasteiger partial charge is 0.331 e. The molecule has 0 aliphatic carbocycles. The fourth-order valence-corrected chi connectivity index (χ4v) is 2.11. The highest BCUT2D eigenvalue weighted by Gasteiger charge is 2.65. The molecule has 1 aliphatic heterocycles. The molecule has 1 fully saturated rings. The summed E-state index contributed by atoms with van der Waals surface area (Å²) in [5.74, 6) is -1.25. The molecule has 0 bridgehead atoms. The summed E-state index contributed by atoms with van der Waals surface area (Å²) in [5.41, 5.74) is -5.26. The summed E-state index contributed by atoms with van der Waals surface area (Å²) < 4.78 is 19.2. The van der Waals surface area contributed by atoms with Crippen LogP contribution in [0.3, 0.4) is 0 Å². The number of aromatic amines is 1. The quantitative estimate of drug-likeness (QED) is 0.428. The van der Waals surface area contributed by atoms with Gasteiger partial charge < -0.3 is 15.3 Å². The third kappa shape index (κ3) is 1.94. The average Bonchev–Trinajstić information content (AvgIpc) is 2.70. The van der Waals surface area contributed by atoms with Crippen molar-refractivity contribution in [3.8, 4) is 18.4 Å². The summed E-state index contributed by atoms with van der Waals surface area (Å²) >= 11 is 0. The van der Waals surface area contributed by atoms with Crippen molar-refractivity contribution in [1.82, 2.24) is 9.55 Å². The molecule has 2 rings (SSSR count). The van der Waals surface area contributed by atoms with Gasteiger partial charge in [0.25, 0.3) is 17.1 Å². The molecule has 22 heavy (non-hydrogen) atoms. The highest BCUT2D eigenvalue weighted by Crippen LogP contribution is 2.41. The van der Waals surface area contributed by atoms with Crippen LogP contribution in [0.15, 0.2) is 15.8 Å². The van der Waals surface area contributed by atoms with E-state index >= 15 is 0 Å². The maximum atomic E-state index is 14.2. The van der Waals surface area contributed by atoms with Gasteiger partial charge in [0.15, 0.2) is 0 Å². The van der Waals surface area contributed by atoms with Crippen molar-refractivity contribution in [3.05, 3.63) is 32.6 Å². The molecule has 1 aromatic heterocycles. The number of hydrogen-bond acceptors (Lipinski definition) is 7. The predicted molar refractivity (Wildman–Crippen MR) is 66.9 cm³/mol. The maximum Gasteiger partial charge on any atom is 0.331 e. The first kappa shape index (κ1) is 15.9. The molecule has 0 spiro atoms. The van der Waals surface area contributed by atoms with Crippen molar-refractivity contribution in [2.45, 2.75) is 23.8 Å². The molecule has 0 unspecified atom stereocenters. The van der Waals surface area contributed by atoms with Crippen molar-refractivity contribution < 1.29 is 24.4 Å². The summed E-state index contributed by atoms with van der Waals surface area (Å²) in [6.07, 6.45) is 1.22. The Hall–Kier alpha value is -2.50. The Kier molecular flexibility index (Phi) is 3.64. The fraction of sp³-hybridized carbons (Fsp3) is 0.417. The summed E-state index contributed by atoms with van der Waals surface area (Å²) in [6.45, 7) is -1.38. The first-order valence-electron chi connectivity index (χ1n) is 5.86. The lowest BCUT2D eigenvalue weighted by atomic mass is 10.0. The van der Waals surface area contributed by atoms with Gasteiger partial charge in [0.2, 0.25) is 0 Å². The Bertz CT molecular complexity index is 805. The molecule has 1 saturated heterocycles. The van der Waals surface area contributed by atoms with Crippen molar-refractivity contribution in [2.24, 2.45) is 0 Å². The molecular formula is C12H10FN3O6. The van der Waals surface area contributed by atoms with E-state index in [0.29, 0.717) is 10.8 Å². The van der Waals surface area contributed by atoms with Gasteiger partial charge in [-0.25, -0.2) is 9.18 Å². The van der Waals surface area contributed by atoms with Gasteiger partial charge in [0, 0.05) is 6.20 Å². The molecule has 9 nitrogen and oxygen atoms in total. The second-order valence-corrected chi connectivity index (χ2v) is 4.56. The number of halogens is 1. The maximum absolute atomic E-state index is 14.2. The van der Waals surface area contributed by atoms with Gasteiger partial charge in [-0.2, -0.15) is 5.26 Å². The summed E-state index contributed by atoms with van der Waals surface area (Å²) in [7, 11) is 0. The van der Waals surface area contributed by atoms with E-state index in [1.54, 1.807) is 4.98 Å². The summed E-state index contributed by atoms with van der Waals surface area (Å²) in [6, 6.07) is 1.36. The first-order valence-corrected chi connectivity index (χ1v) is 5.86. The van der Waals surface area contributed by atoms with Gasteiger partial charge in [-0.05, 0) is 0 Å². The van der Waals surface area contributed by atoms with Crippen LogP contribution in [0.4, 0.5) is 4.39 Å². The van der Waals surface area contributed by atoms with Gasteiger partial charge >= 0.3 is 5.69 Å². The number of ether oxygens (including phenoxy) is 1. The van der Waals surface area contributed by atoms with Gasteiger partial charge in [-0.1, -0.05) is 5.92 Å². The largest absolute Gasteiger partial charge is 0.390 e. The van der Waals surface area contributed by atoms with Gasteiger partial charge in [0.1, 0.15) is 30.4 Å². The molecule has 10 heteroatoms. The van der Waals surface area contributed by atoms with Crippen molar-refractivity contribution in [3.63, 3.8) is 0 Å². The van der Waals surface area contributed by atoms with Crippen LogP contribution in [0.25, 0.3) is 0 Å². The minimum Gasteiger partial charge on any atom is -0.390 e. The zero-order valence-electron chi connectivity index (χ0n) is 10.9. The molecule has 2 heterocycles. The number of nitrogens with one attached hydrogen (secondary N) is 1. The number of H-pyrrole nitrogens is 1. The lowest BCUT2D eigenvalue weighted by Crippen LogP contribution is -2.51. The Morgan fingerprint density at radius 1 is 1.50 bits per heavy atom. The fourth-order valence-electron chi connectivity index (χ4n) is 2.11. The minimum absolute atomic E-state index is 0.356. The molecule has 4 atom stereocenters. The van der Waals surface area contributed by atoms with E-state index < -0.39 is 41.6 Å². The molecule has 0 radical (unpaired) electrons. The molecule has 0 aromatic carbocycles. The molecule has 116 valence electrons. The van der Waals surface area contributed by atoms with Crippen LogP contribution in [-0.4, -0.2) is 49.5 Å². The number of hydrogen-bond donors (Lipinski definition) is 4. The SMILES string of the molecule is C#Cc1cn([C@]2(C#N)O[C@](F)(CO)[C@@H](O)[C@H]2O)c(=O)[nH]c1=O. The number of alkyl halides is 1. The van der Waals surface area contributed by atoms with Crippen LogP contribution in [0.1, 0.15) is 5.56 Å². The molecule has 1 aliphatic rings. The number of aliphatic hydroxyl groups is 3. The average molecular weight is 311 g/mol. The van der Waals surface area contributed by atoms with Crippen molar-refractivity contribution in [1.29, 1.82) is 5.26 Å². The highest BCUT2D eigenvalue weighted by molar-refractivity contribution is 5.28. The lowest BCUT2D eigenvalue weighted by molar-refractivity contribution is -0.228. The summed E-state index contributed by atoms with van der Waals surface area (Å²) in [5, 5.41) is 37.8. The lowest BCUT2D eigenvalue weighted by Gasteiger charge is -2.26. The summed E-state index contributed by atoms with van der Waals surface area (Å²) in [4.78, 5) is 25.0. The molecule has 4 N–H and O–H groups in total. The normalized spacial score (nSPS) is 34.1. The van der Waals surface area contributed by atoms with E-state index in [1.807, 2.05) is 5.92 Å². The van der Waals surface area contributed by atoms with Crippen LogP contribution in [0, 0.1) is 23.7 Å². The Labute approximate surface area is 121 Å². The Balaban J connectivity index is 2.74. The second kappa shape index (κ2) is 5.05.